The van der Waals surface area contributed by atoms with E-state index < -0.39 is 0 Å². The van der Waals surface area contributed by atoms with Gasteiger partial charge in [-0.2, -0.15) is 0 Å². The van der Waals surface area contributed by atoms with Crippen molar-refractivity contribution in [1.29, 1.82) is 0 Å². The zero-order chi connectivity index (χ0) is 18.1. The predicted molar refractivity (Wildman–Crippen MR) is 101 cm³/mol. The monoisotopic (exact) mass is 376 g/mol. The van der Waals surface area contributed by atoms with Crippen LogP contribution in [0.3, 0.4) is 0 Å². The van der Waals surface area contributed by atoms with Gasteiger partial charge in [-0.25, -0.2) is 0 Å². The van der Waals surface area contributed by atoms with Gasteiger partial charge >= 0.3 is 0 Å². The van der Waals surface area contributed by atoms with Gasteiger partial charge < -0.3 is 10.6 Å². The summed E-state index contributed by atoms with van der Waals surface area (Å²) in [5.74, 6) is -0.961. The Balaban J connectivity index is 1.62. The predicted octanol–water partition coefficient (Wildman–Crippen LogP) is 4.82. The van der Waals surface area contributed by atoms with Crippen molar-refractivity contribution in [2.75, 3.05) is 10.6 Å². The molecule has 0 heterocycles. The molecule has 1 aliphatic carbocycles. The summed E-state index contributed by atoms with van der Waals surface area (Å²) in [6.07, 6.45) is 0.539. The van der Waals surface area contributed by atoms with Crippen LogP contribution in [-0.2, 0) is 9.59 Å². The molecule has 25 heavy (non-hydrogen) atoms. The number of carbonyl (C=O) groups excluding carboxylic acids is 2. The van der Waals surface area contributed by atoms with E-state index in [2.05, 4.69) is 10.6 Å². The molecule has 2 unspecified atom stereocenters. The number of amides is 2. The molecule has 130 valence electrons. The largest absolute Gasteiger partial charge is 0.326 e. The van der Waals surface area contributed by atoms with E-state index in [1.807, 2.05) is 13.8 Å². The van der Waals surface area contributed by atoms with Crippen molar-refractivity contribution in [3.63, 3.8) is 0 Å². The minimum atomic E-state index is -0.321. The molecule has 0 aliphatic heterocycles. The minimum Gasteiger partial charge on any atom is -0.326 e. The summed E-state index contributed by atoms with van der Waals surface area (Å²) in [5.41, 5.74) is 2.98. The molecule has 3 rings (SSSR count). The van der Waals surface area contributed by atoms with Crippen molar-refractivity contribution in [2.24, 2.45) is 11.8 Å². The van der Waals surface area contributed by atoms with E-state index in [1.165, 1.54) is 0 Å². The van der Waals surface area contributed by atoms with Crippen LogP contribution in [-0.4, -0.2) is 11.8 Å². The van der Waals surface area contributed by atoms with Gasteiger partial charge in [-0.05, 0) is 55.7 Å². The average Bonchev–Trinajstić information content (AvgIpc) is 3.37. The van der Waals surface area contributed by atoms with Crippen molar-refractivity contribution in [3.05, 3.63) is 57.6 Å². The van der Waals surface area contributed by atoms with E-state index in [1.54, 1.807) is 36.4 Å². The molecule has 2 N–H and O–H groups in total. The van der Waals surface area contributed by atoms with Crippen LogP contribution in [0.1, 0.15) is 17.5 Å². The quantitative estimate of drug-likeness (QED) is 0.802. The molecule has 0 radical (unpaired) electrons. The molecule has 6 heteroatoms. The summed E-state index contributed by atoms with van der Waals surface area (Å²) in [6, 6.07) is 10.7. The third kappa shape index (κ3) is 3.80. The Morgan fingerprint density at radius 3 is 1.64 bits per heavy atom. The van der Waals surface area contributed by atoms with Gasteiger partial charge in [0.15, 0.2) is 0 Å². The Morgan fingerprint density at radius 2 is 1.24 bits per heavy atom. The number of carbonyl (C=O) groups is 2. The highest BCUT2D eigenvalue weighted by Crippen LogP contribution is 2.41. The maximum absolute atomic E-state index is 12.4. The van der Waals surface area contributed by atoms with Gasteiger partial charge in [0.1, 0.15) is 0 Å². The molecule has 2 aromatic rings. The normalized spacial score (nSPS) is 18.6. The Bertz CT molecular complexity index is 782. The maximum atomic E-state index is 12.4. The molecule has 2 aromatic carbocycles. The summed E-state index contributed by atoms with van der Waals surface area (Å²) in [6.45, 7) is 3.69. The van der Waals surface area contributed by atoms with Crippen LogP contribution in [0.25, 0.3) is 0 Å². The van der Waals surface area contributed by atoms with Gasteiger partial charge in [-0.3, -0.25) is 9.59 Å². The highest BCUT2D eigenvalue weighted by Gasteiger charge is 2.48. The first-order chi connectivity index (χ1) is 11.9. The van der Waals surface area contributed by atoms with Crippen molar-refractivity contribution < 1.29 is 9.59 Å². The lowest BCUT2D eigenvalue weighted by Crippen LogP contribution is -2.21. The highest BCUT2D eigenvalue weighted by atomic mass is 35.5. The molecule has 1 saturated carbocycles. The first-order valence-corrected chi connectivity index (χ1v) is 8.76. The number of nitrogens with one attached hydrogen (secondary N) is 2. The second-order valence-electron chi connectivity index (χ2n) is 6.25. The second kappa shape index (κ2) is 7.06. The number of halogens is 2. The lowest BCUT2D eigenvalue weighted by atomic mass is 10.1. The van der Waals surface area contributed by atoms with E-state index in [0.29, 0.717) is 27.8 Å². The molecule has 2 amide bonds. The standard InChI is InChI=1S/C19H18Cl2N2O2/c1-10-14(20)5-3-7-16(10)22-18(24)12-9-13(12)19(25)23-17-8-4-6-15(21)11(17)2/h3-8,12-13H,9H2,1-2H3,(H,22,24)(H,23,25). The fourth-order valence-electron chi connectivity index (χ4n) is 2.71. The van der Waals surface area contributed by atoms with Crippen LogP contribution >= 0.6 is 23.2 Å². The summed E-state index contributed by atoms with van der Waals surface area (Å²) < 4.78 is 0. The van der Waals surface area contributed by atoms with Crippen molar-refractivity contribution in [1.82, 2.24) is 0 Å². The van der Waals surface area contributed by atoms with Crippen LogP contribution in [0.2, 0.25) is 10.0 Å². The molecule has 1 aliphatic rings. The third-order valence-electron chi connectivity index (χ3n) is 4.52. The van der Waals surface area contributed by atoms with E-state index >= 15 is 0 Å². The van der Waals surface area contributed by atoms with Crippen LogP contribution in [0.15, 0.2) is 36.4 Å². The number of hydrogen-bond acceptors (Lipinski definition) is 2. The van der Waals surface area contributed by atoms with Gasteiger partial charge in [-0.15, -0.1) is 0 Å². The molecule has 2 atom stereocenters. The van der Waals surface area contributed by atoms with Gasteiger partial charge in [0.25, 0.3) is 0 Å². The van der Waals surface area contributed by atoms with Crippen molar-refractivity contribution in [3.8, 4) is 0 Å². The van der Waals surface area contributed by atoms with Crippen LogP contribution in [0.4, 0.5) is 11.4 Å². The molecular formula is C19H18Cl2N2O2. The first-order valence-electron chi connectivity index (χ1n) is 8.00. The van der Waals surface area contributed by atoms with Crippen LogP contribution < -0.4 is 10.6 Å². The van der Waals surface area contributed by atoms with Gasteiger partial charge in [0.05, 0.1) is 11.8 Å². The zero-order valence-corrected chi connectivity index (χ0v) is 15.4. The molecule has 0 spiro atoms. The van der Waals surface area contributed by atoms with Crippen molar-refractivity contribution in [2.45, 2.75) is 20.3 Å². The molecule has 0 saturated heterocycles. The summed E-state index contributed by atoms with van der Waals surface area (Å²) in [7, 11) is 0. The average molecular weight is 377 g/mol. The summed E-state index contributed by atoms with van der Waals surface area (Å²) in [4.78, 5) is 24.7. The Morgan fingerprint density at radius 1 is 0.840 bits per heavy atom. The molecule has 0 aromatic heterocycles. The highest BCUT2D eigenvalue weighted by molar-refractivity contribution is 6.32. The zero-order valence-electron chi connectivity index (χ0n) is 13.9. The minimum absolute atomic E-state index is 0.159. The molecule has 0 bridgehead atoms. The fourth-order valence-corrected chi connectivity index (χ4v) is 3.06. The number of anilines is 2. The second-order valence-corrected chi connectivity index (χ2v) is 7.07. The van der Waals surface area contributed by atoms with E-state index in [4.69, 9.17) is 23.2 Å². The Labute approximate surface area is 156 Å². The number of hydrogen-bond donors (Lipinski definition) is 2. The summed E-state index contributed by atoms with van der Waals surface area (Å²) >= 11 is 12.1. The van der Waals surface area contributed by atoms with Gasteiger partial charge in [0, 0.05) is 21.4 Å². The third-order valence-corrected chi connectivity index (χ3v) is 5.33. The van der Waals surface area contributed by atoms with Gasteiger partial charge in [-0.1, -0.05) is 35.3 Å². The molecule has 1 fully saturated rings. The van der Waals surface area contributed by atoms with E-state index in [9.17, 15) is 9.59 Å². The van der Waals surface area contributed by atoms with Crippen LogP contribution in [0.5, 0.6) is 0 Å². The fraction of sp³-hybridized carbons (Fsp3) is 0.263. The topological polar surface area (TPSA) is 58.2 Å². The summed E-state index contributed by atoms with van der Waals surface area (Å²) in [5, 5.41) is 6.91. The number of rotatable bonds is 4. The smallest absolute Gasteiger partial charge is 0.228 e. The van der Waals surface area contributed by atoms with Crippen molar-refractivity contribution >= 4 is 46.4 Å². The Hall–Kier alpha value is -2.04. The molecule has 4 nitrogen and oxygen atoms in total. The number of benzene rings is 2. The lowest BCUT2D eigenvalue weighted by molar-refractivity contribution is -0.122. The van der Waals surface area contributed by atoms with Gasteiger partial charge in [0.2, 0.25) is 11.8 Å². The lowest BCUT2D eigenvalue weighted by Gasteiger charge is -2.10. The maximum Gasteiger partial charge on any atom is 0.228 e. The molecular weight excluding hydrogens is 359 g/mol. The Kier molecular flexibility index (Phi) is 5.02. The van der Waals surface area contributed by atoms with E-state index in [0.717, 1.165) is 11.1 Å². The van der Waals surface area contributed by atoms with E-state index in [-0.39, 0.29) is 23.7 Å². The van der Waals surface area contributed by atoms with Crippen LogP contribution in [0, 0.1) is 25.7 Å². The first kappa shape index (κ1) is 17.8. The SMILES string of the molecule is Cc1c(Cl)cccc1NC(=O)C1CC1C(=O)Nc1cccc(Cl)c1C.